The third kappa shape index (κ3) is 3.95. The molecule has 158 valence electrons. The Hall–Kier alpha value is -2.77. The van der Waals surface area contributed by atoms with Gasteiger partial charge in [0.25, 0.3) is 5.91 Å². The van der Waals surface area contributed by atoms with Gasteiger partial charge in [-0.15, -0.1) is 0 Å². The molecule has 1 fully saturated rings. The Balaban J connectivity index is 1.47. The SMILES string of the molecule is COc1cc(-n2cccc2)c(Cl)cc1C(=O)N1CCN(Cc2c(C)noc2C)CC1. The van der Waals surface area contributed by atoms with Crippen molar-refractivity contribution in [2.45, 2.75) is 20.4 Å². The summed E-state index contributed by atoms with van der Waals surface area (Å²) in [5, 5.41) is 4.53. The number of piperazine rings is 1. The van der Waals surface area contributed by atoms with Gasteiger partial charge in [0.2, 0.25) is 0 Å². The van der Waals surface area contributed by atoms with Gasteiger partial charge in [0.1, 0.15) is 11.5 Å². The normalized spacial score (nSPS) is 14.9. The number of benzene rings is 1. The summed E-state index contributed by atoms with van der Waals surface area (Å²) in [6.45, 7) is 7.52. The average Bonchev–Trinajstić information content (AvgIpc) is 3.39. The van der Waals surface area contributed by atoms with Crippen molar-refractivity contribution in [1.82, 2.24) is 19.5 Å². The van der Waals surface area contributed by atoms with Crippen LogP contribution in [-0.2, 0) is 6.54 Å². The molecule has 4 rings (SSSR count). The van der Waals surface area contributed by atoms with Crippen LogP contribution in [0.25, 0.3) is 5.69 Å². The highest BCUT2D eigenvalue weighted by Gasteiger charge is 2.26. The first kappa shape index (κ1) is 20.5. The molecule has 1 aromatic carbocycles. The number of ether oxygens (including phenoxy) is 1. The van der Waals surface area contributed by atoms with Crippen LogP contribution in [0.2, 0.25) is 5.02 Å². The van der Waals surface area contributed by atoms with Crippen LogP contribution in [0, 0.1) is 13.8 Å². The van der Waals surface area contributed by atoms with Crippen LogP contribution in [0.1, 0.15) is 27.4 Å². The van der Waals surface area contributed by atoms with E-state index in [0.29, 0.717) is 29.4 Å². The molecule has 1 aliphatic heterocycles. The van der Waals surface area contributed by atoms with E-state index in [-0.39, 0.29) is 5.91 Å². The van der Waals surface area contributed by atoms with Gasteiger partial charge in [0.15, 0.2) is 0 Å². The number of carbonyl (C=O) groups excluding carboxylic acids is 1. The van der Waals surface area contributed by atoms with Crippen molar-refractivity contribution >= 4 is 17.5 Å². The van der Waals surface area contributed by atoms with Crippen molar-refractivity contribution in [2.24, 2.45) is 0 Å². The summed E-state index contributed by atoms with van der Waals surface area (Å²) >= 11 is 6.49. The van der Waals surface area contributed by atoms with E-state index < -0.39 is 0 Å². The van der Waals surface area contributed by atoms with Crippen molar-refractivity contribution in [3.63, 3.8) is 0 Å². The fourth-order valence-corrected chi connectivity index (χ4v) is 4.06. The number of aromatic nitrogens is 2. The number of rotatable bonds is 5. The molecular weight excluding hydrogens is 404 g/mol. The van der Waals surface area contributed by atoms with E-state index in [4.69, 9.17) is 20.9 Å². The highest BCUT2D eigenvalue weighted by atomic mass is 35.5. The van der Waals surface area contributed by atoms with Crippen molar-refractivity contribution in [3.05, 3.63) is 64.3 Å². The summed E-state index contributed by atoms with van der Waals surface area (Å²) in [5.41, 5.74) is 3.31. The highest BCUT2D eigenvalue weighted by Crippen LogP contribution is 2.31. The molecule has 7 nitrogen and oxygen atoms in total. The zero-order valence-electron chi connectivity index (χ0n) is 17.4. The van der Waals surface area contributed by atoms with Crippen molar-refractivity contribution in [2.75, 3.05) is 33.3 Å². The van der Waals surface area contributed by atoms with Gasteiger partial charge in [0, 0.05) is 56.7 Å². The maximum Gasteiger partial charge on any atom is 0.257 e. The maximum atomic E-state index is 13.2. The number of carbonyl (C=O) groups is 1. The number of nitrogens with zero attached hydrogens (tertiary/aromatic N) is 4. The van der Waals surface area contributed by atoms with Gasteiger partial charge in [0.05, 0.1) is 29.1 Å². The van der Waals surface area contributed by atoms with E-state index in [1.807, 2.05) is 53.9 Å². The minimum Gasteiger partial charge on any atom is -0.496 e. The molecular formula is C22H25ClN4O3. The molecule has 0 spiro atoms. The van der Waals surface area contributed by atoms with Crippen LogP contribution in [0.15, 0.2) is 41.2 Å². The molecule has 30 heavy (non-hydrogen) atoms. The third-order valence-corrected chi connectivity index (χ3v) is 5.91. The van der Waals surface area contributed by atoms with Crippen LogP contribution < -0.4 is 4.74 Å². The Bertz CT molecular complexity index is 1020. The summed E-state index contributed by atoms with van der Waals surface area (Å²) in [5.74, 6) is 1.31. The average molecular weight is 429 g/mol. The topological polar surface area (TPSA) is 63.7 Å². The second-order valence-electron chi connectivity index (χ2n) is 7.47. The molecule has 3 aromatic rings. The lowest BCUT2D eigenvalue weighted by molar-refractivity contribution is 0.0624. The Morgan fingerprint density at radius 1 is 1.17 bits per heavy atom. The molecule has 0 saturated carbocycles. The number of methoxy groups -OCH3 is 1. The molecule has 0 radical (unpaired) electrons. The van der Waals surface area contributed by atoms with Crippen LogP contribution in [-0.4, -0.2) is 58.7 Å². The van der Waals surface area contributed by atoms with Crippen molar-refractivity contribution in [3.8, 4) is 11.4 Å². The van der Waals surface area contributed by atoms with Crippen molar-refractivity contribution < 1.29 is 14.1 Å². The monoisotopic (exact) mass is 428 g/mol. The zero-order chi connectivity index (χ0) is 21.3. The van der Waals surface area contributed by atoms with E-state index in [2.05, 4.69) is 10.1 Å². The smallest absolute Gasteiger partial charge is 0.257 e. The fourth-order valence-electron chi connectivity index (χ4n) is 3.80. The lowest BCUT2D eigenvalue weighted by atomic mass is 10.1. The Kier molecular flexibility index (Phi) is 5.83. The van der Waals surface area contributed by atoms with Crippen LogP contribution in [0.5, 0.6) is 5.75 Å². The largest absolute Gasteiger partial charge is 0.496 e. The second kappa shape index (κ2) is 8.53. The number of halogens is 1. The van der Waals surface area contributed by atoms with Gasteiger partial charge >= 0.3 is 0 Å². The lowest BCUT2D eigenvalue weighted by Crippen LogP contribution is -2.48. The molecule has 0 aliphatic carbocycles. The van der Waals surface area contributed by atoms with E-state index in [9.17, 15) is 4.79 Å². The first-order chi connectivity index (χ1) is 14.5. The predicted molar refractivity (Wildman–Crippen MR) is 114 cm³/mol. The predicted octanol–water partition coefficient (Wildman–Crippen LogP) is 3.70. The summed E-state index contributed by atoms with van der Waals surface area (Å²) in [4.78, 5) is 17.4. The van der Waals surface area contributed by atoms with Gasteiger partial charge < -0.3 is 18.7 Å². The van der Waals surface area contributed by atoms with Gasteiger partial charge in [-0.1, -0.05) is 16.8 Å². The Morgan fingerprint density at radius 2 is 1.87 bits per heavy atom. The summed E-state index contributed by atoms with van der Waals surface area (Å²) < 4.78 is 12.7. The molecule has 1 saturated heterocycles. The first-order valence-corrected chi connectivity index (χ1v) is 10.3. The molecule has 0 N–H and O–H groups in total. The van der Waals surface area contributed by atoms with E-state index in [0.717, 1.165) is 42.3 Å². The number of hydrogen-bond donors (Lipinski definition) is 0. The number of aryl methyl sites for hydroxylation is 2. The van der Waals surface area contributed by atoms with Gasteiger partial charge in [-0.3, -0.25) is 9.69 Å². The van der Waals surface area contributed by atoms with Gasteiger partial charge in [-0.05, 0) is 32.0 Å². The quantitative estimate of drug-likeness (QED) is 0.620. The van der Waals surface area contributed by atoms with E-state index in [1.165, 1.54) is 0 Å². The third-order valence-electron chi connectivity index (χ3n) is 5.60. The molecule has 8 heteroatoms. The minimum absolute atomic E-state index is 0.0650. The first-order valence-electron chi connectivity index (χ1n) is 9.92. The minimum atomic E-state index is -0.0650. The second-order valence-corrected chi connectivity index (χ2v) is 7.87. The maximum absolute atomic E-state index is 13.2. The molecule has 2 aromatic heterocycles. The fraction of sp³-hybridized carbons (Fsp3) is 0.364. The van der Waals surface area contributed by atoms with E-state index in [1.54, 1.807) is 13.2 Å². The Morgan fingerprint density at radius 3 is 2.47 bits per heavy atom. The standard InChI is InChI=1S/C22H25ClN4O3/c1-15-18(16(2)30-24-15)14-25-8-10-27(11-9-25)22(28)17-12-19(23)20(13-21(17)29-3)26-6-4-5-7-26/h4-7,12-13H,8-11,14H2,1-3H3. The van der Waals surface area contributed by atoms with Gasteiger partial charge in [-0.2, -0.15) is 0 Å². The summed E-state index contributed by atoms with van der Waals surface area (Å²) in [7, 11) is 1.57. The van der Waals surface area contributed by atoms with E-state index >= 15 is 0 Å². The molecule has 1 amide bonds. The molecule has 0 bridgehead atoms. The highest BCUT2D eigenvalue weighted by molar-refractivity contribution is 6.33. The number of hydrogen-bond acceptors (Lipinski definition) is 5. The number of amides is 1. The molecule has 3 heterocycles. The Labute approximate surface area is 180 Å². The van der Waals surface area contributed by atoms with Gasteiger partial charge in [-0.25, -0.2) is 0 Å². The van der Waals surface area contributed by atoms with Crippen molar-refractivity contribution in [1.29, 1.82) is 0 Å². The van der Waals surface area contributed by atoms with Crippen LogP contribution in [0.4, 0.5) is 0 Å². The molecule has 0 unspecified atom stereocenters. The summed E-state index contributed by atoms with van der Waals surface area (Å²) in [6.07, 6.45) is 3.81. The summed E-state index contributed by atoms with van der Waals surface area (Å²) in [6, 6.07) is 7.35. The molecule has 1 aliphatic rings. The lowest BCUT2D eigenvalue weighted by Gasteiger charge is -2.35. The van der Waals surface area contributed by atoms with Crippen LogP contribution in [0.3, 0.4) is 0 Å². The molecule has 0 atom stereocenters. The zero-order valence-corrected chi connectivity index (χ0v) is 18.1. The van der Waals surface area contributed by atoms with Crippen LogP contribution >= 0.6 is 11.6 Å².